The second kappa shape index (κ2) is 3.53. The van der Waals surface area contributed by atoms with E-state index in [1.807, 2.05) is 0 Å². The van der Waals surface area contributed by atoms with Crippen molar-refractivity contribution in [2.24, 2.45) is 23.7 Å². The van der Waals surface area contributed by atoms with Crippen molar-refractivity contribution in [2.75, 3.05) is 4.90 Å². The van der Waals surface area contributed by atoms with Crippen LogP contribution < -0.4 is 4.90 Å². The Morgan fingerprint density at radius 3 is 2.00 bits per heavy atom. The molecular weight excluding hydrogens is 245 g/mol. The monoisotopic (exact) mass is 257 g/mol. The van der Waals surface area contributed by atoms with Crippen LogP contribution in [0.15, 0.2) is 36.4 Å². The van der Waals surface area contributed by atoms with Crippen LogP contribution >= 0.6 is 0 Å². The summed E-state index contributed by atoms with van der Waals surface area (Å²) in [6.45, 7) is 0. The predicted molar refractivity (Wildman–Crippen MR) is 66.6 cm³/mol. The minimum Gasteiger partial charge on any atom is -0.274 e. The third-order valence-electron chi connectivity index (χ3n) is 4.56. The molecule has 4 atom stereocenters. The molecule has 0 spiro atoms. The molecule has 0 unspecified atom stereocenters. The zero-order chi connectivity index (χ0) is 13.1. The number of benzene rings is 1. The van der Waals surface area contributed by atoms with Crippen LogP contribution in [0, 0.1) is 29.5 Å². The van der Waals surface area contributed by atoms with Crippen LogP contribution in [0.25, 0.3) is 0 Å². The lowest BCUT2D eigenvalue weighted by molar-refractivity contribution is -0.123. The first-order valence-corrected chi connectivity index (χ1v) is 6.48. The van der Waals surface area contributed by atoms with Gasteiger partial charge in [0.25, 0.3) is 0 Å². The van der Waals surface area contributed by atoms with E-state index in [9.17, 15) is 14.0 Å². The van der Waals surface area contributed by atoms with Crippen molar-refractivity contribution in [1.29, 1.82) is 0 Å². The largest absolute Gasteiger partial charge is 0.274 e. The van der Waals surface area contributed by atoms with Crippen molar-refractivity contribution in [3.05, 3.63) is 42.2 Å². The standard InChI is InChI=1S/C15H12FNO2/c16-10-3-5-11(6-4-10)17-14(18)12-8-1-2-9(7-8)13(12)15(17)19/h1-6,8-9,12-13H,7H2/t8-,9-,12-,13+/m1/s1. The van der Waals surface area contributed by atoms with Crippen molar-refractivity contribution in [2.45, 2.75) is 6.42 Å². The van der Waals surface area contributed by atoms with Crippen LogP contribution in [0.1, 0.15) is 6.42 Å². The van der Waals surface area contributed by atoms with Gasteiger partial charge in [0, 0.05) is 0 Å². The number of carbonyl (C=O) groups is 2. The average molecular weight is 257 g/mol. The maximum atomic E-state index is 12.9. The Bertz CT molecular complexity index is 577. The van der Waals surface area contributed by atoms with Crippen molar-refractivity contribution >= 4 is 17.5 Å². The molecule has 96 valence electrons. The number of hydrogen-bond donors (Lipinski definition) is 0. The summed E-state index contributed by atoms with van der Waals surface area (Å²) in [5, 5.41) is 0. The molecule has 2 bridgehead atoms. The third kappa shape index (κ3) is 1.31. The van der Waals surface area contributed by atoms with Crippen molar-refractivity contribution in [3.63, 3.8) is 0 Å². The fourth-order valence-corrected chi connectivity index (χ4v) is 3.75. The molecule has 2 aliphatic carbocycles. The van der Waals surface area contributed by atoms with Crippen molar-refractivity contribution in [3.8, 4) is 0 Å². The molecular formula is C15H12FNO2. The zero-order valence-corrected chi connectivity index (χ0v) is 10.1. The molecule has 4 rings (SSSR count). The van der Waals surface area contributed by atoms with E-state index in [2.05, 4.69) is 12.2 Å². The van der Waals surface area contributed by atoms with Crippen LogP contribution in [0.2, 0.25) is 0 Å². The number of halogens is 1. The van der Waals surface area contributed by atoms with Crippen LogP contribution in [0.5, 0.6) is 0 Å². The highest BCUT2D eigenvalue weighted by Gasteiger charge is 2.59. The van der Waals surface area contributed by atoms with Gasteiger partial charge < -0.3 is 0 Å². The van der Waals surface area contributed by atoms with E-state index in [4.69, 9.17) is 0 Å². The lowest BCUT2D eigenvalue weighted by Gasteiger charge is -2.17. The molecule has 1 heterocycles. The van der Waals surface area contributed by atoms with E-state index in [1.54, 1.807) is 0 Å². The van der Waals surface area contributed by atoms with Gasteiger partial charge in [-0.3, -0.25) is 14.5 Å². The fraction of sp³-hybridized carbons (Fsp3) is 0.333. The van der Waals surface area contributed by atoms with Crippen molar-refractivity contribution in [1.82, 2.24) is 0 Å². The number of allylic oxidation sites excluding steroid dienone is 2. The normalized spacial score (nSPS) is 35.3. The predicted octanol–water partition coefficient (Wildman–Crippen LogP) is 2.14. The summed E-state index contributed by atoms with van der Waals surface area (Å²) in [5.41, 5.74) is 0.477. The van der Waals surface area contributed by atoms with Crippen molar-refractivity contribution < 1.29 is 14.0 Å². The van der Waals surface area contributed by atoms with Gasteiger partial charge in [-0.2, -0.15) is 0 Å². The Labute approximate surface area is 109 Å². The van der Waals surface area contributed by atoms with E-state index in [1.165, 1.54) is 29.2 Å². The first kappa shape index (κ1) is 10.9. The highest BCUT2D eigenvalue weighted by Crippen LogP contribution is 2.53. The quantitative estimate of drug-likeness (QED) is 0.571. The number of amides is 2. The van der Waals surface area contributed by atoms with E-state index < -0.39 is 0 Å². The summed E-state index contributed by atoms with van der Waals surface area (Å²) in [6.07, 6.45) is 5.04. The summed E-state index contributed by atoms with van der Waals surface area (Å²) in [5.74, 6) is -0.615. The van der Waals surface area contributed by atoms with E-state index in [-0.39, 0.29) is 41.3 Å². The molecule has 1 aliphatic heterocycles. The Kier molecular flexibility index (Phi) is 2.03. The van der Waals surface area contributed by atoms with Crippen LogP contribution in [0.3, 0.4) is 0 Å². The summed E-state index contributed by atoms with van der Waals surface area (Å²) < 4.78 is 12.9. The zero-order valence-electron chi connectivity index (χ0n) is 10.1. The van der Waals surface area contributed by atoms with Gasteiger partial charge in [-0.1, -0.05) is 12.2 Å². The van der Waals surface area contributed by atoms with E-state index >= 15 is 0 Å². The summed E-state index contributed by atoms with van der Waals surface area (Å²) in [4.78, 5) is 26.1. The Balaban J connectivity index is 1.74. The summed E-state index contributed by atoms with van der Waals surface area (Å²) >= 11 is 0. The topological polar surface area (TPSA) is 37.4 Å². The molecule has 1 aromatic rings. The summed E-state index contributed by atoms with van der Waals surface area (Å²) in [6, 6.07) is 5.52. The highest BCUT2D eigenvalue weighted by atomic mass is 19.1. The Hall–Kier alpha value is -1.97. The second-order valence-corrected chi connectivity index (χ2v) is 5.49. The van der Waals surface area contributed by atoms with Gasteiger partial charge in [0.05, 0.1) is 17.5 Å². The molecule has 0 radical (unpaired) electrons. The third-order valence-corrected chi connectivity index (χ3v) is 4.56. The molecule has 3 aliphatic rings. The van der Waals surface area contributed by atoms with E-state index in [0.717, 1.165) is 6.42 Å². The van der Waals surface area contributed by atoms with Gasteiger partial charge in [-0.15, -0.1) is 0 Å². The Morgan fingerprint density at radius 2 is 1.47 bits per heavy atom. The van der Waals surface area contributed by atoms with Crippen LogP contribution in [0.4, 0.5) is 10.1 Å². The highest BCUT2D eigenvalue weighted by molar-refractivity contribution is 6.22. The van der Waals surface area contributed by atoms with Crippen LogP contribution in [-0.2, 0) is 9.59 Å². The fourth-order valence-electron chi connectivity index (χ4n) is 3.75. The number of hydrogen-bond acceptors (Lipinski definition) is 2. The molecule has 1 saturated heterocycles. The van der Waals surface area contributed by atoms with Gasteiger partial charge in [0.1, 0.15) is 5.82 Å². The lowest BCUT2D eigenvalue weighted by atomic mass is 9.85. The van der Waals surface area contributed by atoms with Crippen LogP contribution in [-0.4, -0.2) is 11.8 Å². The van der Waals surface area contributed by atoms with Gasteiger partial charge in [0.2, 0.25) is 11.8 Å². The molecule has 1 saturated carbocycles. The Morgan fingerprint density at radius 1 is 0.947 bits per heavy atom. The summed E-state index contributed by atoms with van der Waals surface area (Å²) in [7, 11) is 0. The minimum atomic E-state index is -0.371. The molecule has 0 aromatic heterocycles. The molecule has 4 heteroatoms. The first-order chi connectivity index (χ1) is 9.16. The SMILES string of the molecule is O=C1[C@@H]2[C@H](C(=O)N1c1ccc(F)cc1)[C@@H]1C=C[C@@H]2C1. The number of fused-ring (bicyclic) bond motifs is 5. The number of imide groups is 1. The lowest BCUT2D eigenvalue weighted by Crippen LogP contribution is -2.32. The molecule has 2 fully saturated rings. The van der Waals surface area contributed by atoms with E-state index in [0.29, 0.717) is 5.69 Å². The van der Waals surface area contributed by atoms with Gasteiger partial charge >= 0.3 is 0 Å². The number of carbonyl (C=O) groups excluding carboxylic acids is 2. The second-order valence-electron chi connectivity index (χ2n) is 5.49. The maximum Gasteiger partial charge on any atom is 0.238 e. The molecule has 0 N–H and O–H groups in total. The molecule has 2 amide bonds. The number of anilines is 1. The number of nitrogens with zero attached hydrogens (tertiary/aromatic N) is 1. The van der Waals surface area contributed by atoms with Gasteiger partial charge in [-0.25, -0.2) is 4.39 Å². The smallest absolute Gasteiger partial charge is 0.238 e. The number of rotatable bonds is 1. The average Bonchev–Trinajstić information content (AvgIpc) is 3.06. The maximum absolute atomic E-state index is 12.9. The van der Waals surface area contributed by atoms with Gasteiger partial charge in [-0.05, 0) is 42.5 Å². The molecule has 19 heavy (non-hydrogen) atoms. The van der Waals surface area contributed by atoms with Gasteiger partial charge in [0.15, 0.2) is 0 Å². The molecule has 1 aromatic carbocycles. The molecule has 3 nitrogen and oxygen atoms in total. The minimum absolute atomic E-state index is 0.126. The first-order valence-electron chi connectivity index (χ1n) is 6.48.